The molecule has 0 saturated carbocycles. The van der Waals surface area contributed by atoms with Gasteiger partial charge >= 0.3 is 35.8 Å². The minimum absolute atomic E-state index is 0.0564. The average molecular weight is 1800 g/mol. The molecule has 49 heteroatoms. The minimum Gasteiger partial charge on any atom is -0.480 e. The van der Waals surface area contributed by atoms with Gasteiger partial charge in [0.2, 0.25) is 63.7 Å². The summed E-state index contributed by atoms with van der Waals surface area (Å²) in [4.78, 5) is 140. The number of fused-ring (bicyclic) bond motifs is 4. The van der Waals surface area contributed by atoms with Gasteiger partial charge in [0.1, 0.15) is 53.6 Å². The van der Waals surface area contributed by atoms with Crippen molar-refractivity contribution < 1.29 is 111 Å². The number of hydrogen-bond acceptors (Lipinski definition) is 31. The van der Waals surface area contributed by atoms with E-state index < -0.39 is 171 Å². The molecule has 11 heterocycles. The van der Waals surface area contributed by atoms with E-state index in [1.165, 1.54) is 32.8 Å². The summed E-state index contributed by atoms with van der Waals surface area (Å²) >= 11 is 69.5. The lowest BCUT2D eigenvalue weighted by Gasteiger charge is -2.35. The number of aliphatic hydroxyl groups is 3. The van der Waals surface area contributed by atoms with Crippen molar-refractivity contribution in [2.75, 3.05) is 59.5 Å². The largest absolute Gasteiger partial charge is 0.480 e. The van der Waals surface area contributed by atoms with Crippen LogP contribution in [0.5, 0.6) is 0 Å². The summed E-state index contributed by atoms with van der Waals surface area (Å²) in [5.74, 6) is -6.23. The van der Waals surface area contributed by atoms with Gasteiger partial charge in [-0.05, 0) is 118 Å². The number of amides is 4. The van der Waals surface area contributed by atoms with Crippen molar-refractivity contribution >= 4 is 211 Å². The van der Waals surface area contributed by atoms with Crippen molar-refractivity contribution in [1.82, 2.24) is 46.2 Å². The molecule has 0 spiro atoms. The van der Waals surface area contributed by atoms with E-state index in [-0.39, 0.29) is 31.1 Å². The summed E-state index contributed by atoms with van der Waals surface area (Å²) < 4.78 is 23.3. The van der Waals surface area contributed by atoms with E-state index in [9.17, 15) is 68.1 Å². The van der Waals surface area contributed by atoms with Gasteiger partial charge in [0.25, 0.3) is 6.47 Å². The Morgan fingerprint density at radius 2 is 1.11 bits per heavy atom. The number of aliphatic carboxylic acids is 2. The van der Waals surface area contributed by atoms with Crippen LogP contribution in [-0.2, 0) is 86.0 Å². The zero-order chi connectivity index (χ0) is 83.1. The molecule has 0 bridgehead atoms. The highest BCUT2D eigenvalue weighted by Gasteiger charge is 2.69. The number of ether oxygens (including phenoxy) is 6. The molecule has 0 aliphatic carbocycles. The second-order valence-electron chi connectivity index (χ2n) is 26.7. The van der Waals surface area contributed by atoms with Crippen LogP contribution in [0.25, 0.3) is 0 Å². The second kappa shape index (κ2) is 41.5. The van der Waals surface area contributed by atoms with Gasteiger partial charge in [0.15, 0.2) is 17.4 Å². The van der Waals surface area contributed by atoms with Crippen LogP contribution in [0, 0.1) is 0 Å². The van der Waals surface area contributed by atoms with E-state index in [0.717, 1.165) is 58.0 Å². The summed E-state index contributed by atoms with van der Waals surface area (Å²) in [5.41, 5.74) is 21.0. The van der Waals surface area contributed by atoms with Gasteiger partial charge in [0.05, 0.1) is 31.5 Å². The number of halogens is 12. The van der Waals surface area contributed by atoms with Gasteiger partial charge in [-0.2, -0.15) is 0 Å². The second-order valence-corrected chi connectivity index (χ2v) is 36.2. The number of carbonyl (C=O) groups is 12. The maximum absolute atomic E-state index is 12.5. The number of nitrogens with zero attached hydrogens (tertiary/aromatic N) is 4. The van der Waals surface area contributed by atoms with Gasteiger partial charge in [0, 0.05) is 39.3 Å². The number of nitrogens with one attached hydrogen (secondary N) is 5. The number of primary amides is 4. The average Bonchev–Trinajstić information content (AvgIpc) is 1.56. The summed E-state index contributed by atoms with van der Waals surface area (Å²) in [6.45, 7) is 10.3. The van der Waals surface area contributed by atoms with E-state index in [1.54, 1.807) is 16.7 Å². The number of esters is 4. The highest BCUT2D eigenvalue weighted by Crippen LogP contribution is 2.51. The molecule has 4 amide bonds. The Labute approximate surface area is 686 Å². The molecule has 11 aliphatic rings. The van der Waals surface area contributed by atoms with Gasteiger partial charge in [-0.3, -0.25) is 48.6 Å². The van der Waals surface area contributed by atoms with Crippen LogP contribution >= 0.6 is 139 Å². The fraction of sp³-hybridized carbons (Fsp3) is 0.800. The standard InChI is InChI=1S/C12H16Cl3N3O4.C12H18Cl3N3O4.C10H19N3O4.C8H8Cl3NO3.C7H8Cl3NO2.C5H9NO2.C4H10N2O2.C2H4O2/c1-5-6(7(16)19)17-8(21-5)11-3-2-4-18(11)9(12(13,14)15)22-10(11)20;1-6(19)7(8(16)20)17-5-11-3-2-4-18(11)9(12(13,14)15)22-10(11)21;1-6(14)7(8(11)15)12-5-10(9(16)17)3-2-4-13-10;9-8(10,11)5-12-3-1-2-7(12,4-13)6(14)15-5;8-7(9,10)6-11-3-1-2-4(11)5(12)13-6;7-5(8)4-2-1-3-6-4;1-2(7)3(5)4(6)8;1-4-2-3/h5-6,8-9,17H,2-4H2,1H3,(H2,16,19);6-7,9,17,19H,2-5H2,1H3,(H2,16,20);6-7,12-14H,2-5H2,1H3,(H2,11,15)(H,16,17);4-5H,1-3H2;4,6H,1-3H2;4,6H,1-3H2,(H,7,8);2-3,7H,5H2,1H3,(H2,6,8);2H,1H3/t5-,6+,8+,9+,11+;6-,7+,9+,11+;6-,7+,10+;5-,7-;4-,6+;4-;2-,3+;/m1110111./s1. The molecule has 0 radical (unpaired) electrons. The van der Waals surface area contributed by atoms with Crippen LogP contribution < -0.4 is 55.3 Å². The predicted octanol–water partition coefficient (Wildman–Crippen LogP) is -1.05. The Morgan fingerprint density at radius 1 is 0.615 bits per heavy atom. The Kier molecular flexibility index (Phi) is 37.4. The van der Waals surface area contributed by atoms with E-state index in [1.807, 2.05) is 4.90 Å². The molecule has 11 saturated heterocycles. The molecule has 11 rings (SSSR count). The summed E-state index contributed by atoms with van der Waals surface area (Å²) in [5, 5.41) is 59.3. The third-order valence-electron chi connectivity index (χ3n) is 19.1. The Morgan fingerprint density at radius 3 is 1.53 bits per heavy atom. The van der Waals surface area contributed by atoms with Crippen LogP contribution in [-0.4, -0.2) is 306 Å². The quantitative estimate of drug-likeness (QED) is 0.0256. The minimum atomic E-state index is -1.77. The van der Waals surface area contributed by atoms with Gasteiger partial charge in [-0.15, -0.1) is 0 Å². The fourth-order valence-electron chi connectivity index (χ4n) is 13.6. The van der Waals surface area contributed by atoms with Gasteiger partial charge < -0.3 is 109 Å². The zero-order valence-corrected chi connectivity index (χ0v) is 68.3. The molecular weight excluding hydrogens is 1710 g/mol. The topological polar surface area (TPSA) is 565 Å². The third-order valence-corrected chi connectivity index (χ3v) is 21.4. The van der Waals surface area contributed by atoms with Crippen LogP contribution in [0.1, 0.15) is 105 Å². The highest BCUT2D eigenvalue weighted by atomic mass is 35.6. The van der Waals surface area contributed by atoms with Crippen molar-refractivity contribution in [1.29, 1.82) is 0 Å². The number of rotatable bonds is 18. The Balaban J connectivity index is 0.000000273. The van der Waals surface area contributed by atoms with Crippen molar-refractivity contribution in [2.24, 2.45) is 28.7 Å². The fourth-order valence-corrected chi connectivity index (χ4v) is 15.6. The Bertz CT molecular complexity index is 3150. The Hall–Kier alpha value is -3.24. The molecule has 20 N–H and O–H groups in total. The summed E-state index contributed by atoms with van der Waals surface area (Å²) in [6.07, 6.45) is 1.30. The smallest absolute Gasteiger partial charge is 0.335 e. The molecule has 37 nitrogen and oxygen atoms in total. The van der Waals surface area contributed by atoms with Gasteiger partial charge in [-0.25, -0.2) is 29.1 Å². The number of aliphatic hydroxyl groups excluding tert-OH is 3. The maximum Gasteiger partial charge on any atom is 0.335 e. The van der Waals surface area contributed by atoms with E-state index in [2.05, 4.69) is 31.3 Å². The lowest BCUT2D eigenvalue weighted by atomic mass is 9.94. The number of methoxy groups -OCH3 is 1. The van der Waals surface area contributed by atoms with Crippen LogP contribution in [0.3, 0.4) is 0 Å². The van der Waals surface area contributed by atoms with Crippen LogP contribution in [0.15, 0.2) is 0 Å². The zero-order valence-electron chi connectivity index (χ0n) is 59.3. The number of nitrogens with two attached hydrogens (primary N) is 5. The van der Waals surface area contributed by atoms with Crippen molar-refractivity contribution in [3.63, 3.8) is 0 Å². The third kappa shape index (κ3) is 24.7. The molecule has 0 unspecified atom stereocenters. The van der Waals surface area contributed by atoms with E-state index in [0.29, 0.717) is 71.0 Å². The van der Waals surface area contributed by atoms with Crippen molar-refractivity contribution in [2.45, 2.75) is 234 Å². The van der Waals surface area contributed by atoms with Crippen molar-refractivity contribution in [3.05, 3.63) is 0 Å². The first-order valence-corrected chi connectivity index (χ1v) is 38.3. The molecule has 624 valence electrons. The van der Waals surface area contributed by atoms with E-state index in [4.69, 9.17) is 207 Å². The normalized spacial score (nSPS) is 32.0. The first-order valence-electron chi connectivity index (χ1n) is 33.7. The molecule has 11 fully saturated rings. The maximum atomic E-state index is 12.5. The number of carboxylic acids is 2. The molecule has 0 aromatic carbocycles. The van der Waals surface area contributed by atoms with Crippen LogP contribution in [0.4, 0.5) is 0 Å². The summed E-state index contributed by atoms with van der Waals surface area (Å²) in [6, 6.07) is -3.99. The molecular formula is C60H92Cl12N14O23. The molecule has 0 aromatic rings. The number of hydrogen-bond donors (Lipinski definition) is 15. The number of carboxylic acid groups (broad SMARTS) is 2. The monoisotopic (exact) mass is 1800 g/mol. The highest BCUT2D eigenvalue weighted by molar-refractivity contribution is 6.69. The SMILES string of the molecule is COC=O.C[C@@H](O)[C@H](N)C(N)=O.C[C@@H](O)[C@H](NC[C@]1(C(=O)O)CCCN1)C(N)=O.C[C@@H](O)[C@H](NC[C@]12CCCN1[C@H](C(Cl)(Cl)Cl)OC2=O)C(N)=O.C[C@H]1O[C@@H]([C@]23CCCN2[C@H](C(Cl)(Cl)Cl)OC3=O)N[C@@H]1C(N)=O.O=C(O)[C@H]1CCCN1.O=C1O[C@@H](C(Cl)(Cl)Cl)N2CCC[C@H]12.O=C[C@]12CCCN1[C@H](C(Cl)(Cl)Cl)OC2=O. The van der Waals surface area contributed by atoms with Crippen LogP contribution in [0.2, 0.25) is 0 Å². The molecule has 19 atom stereocenters. The summed E-state index contributed by atoms with van der Waals surface area (Å²) in [7, 11) is 1.31. The number of aldehydes is 1. The predicted molar refractivity (Wildman–Crippen MR) is 396 cm³/mol. The number of cyclic esters (lactones) is 4. The first kappa shape index (κ1) is 98.1. The number of alkyl halides is 12. The van der Waals surface area contributed by atoms with Crippen molar-refractivity contribution in [3.8, 4) is 0 Å². The first-order chi connectivity index (χ1) is 50.3. The molecule has 0 aromatic heterocycles. The lowest BCUT2D eigenvalue weighted by molar-refractivity contribution is -0.150. The number of carbonyl (C=O) groups excluding carboxylic acids is 10. The van der Waals surface area contributed by atoms with Gasteiger partial charge in [-0.1, -0.05) is 139 Å². The molecule has 109 heavy (non-hydrogen) atoms. The van der Waals surface area contributed by atoms with E-state index >= 15 is 0 Å². The lowest BCUT2D eigenvalue weighted by Crippen LogP contribution is -2.61. The molecule has 11 aliphatic heterocycles.